The molecule has 1 aliphatic rings. The third-order valence-electron chi connectivity index (χ3n) is 3.92. The van der Waals surface area contributed by atoms with Gasteiger partial charge in [0.1, 0.15) is 11.6 Å². The van der Waals surface area contributed by atoms with Gasteiger partial charge < -0.3 is 10.6 Å². The fraction of sp³-hybridized carbons (Fsp3) is 0.533. The van der Waals surface area contributed by atoms with Crippen molar-refractivity contribution < 1.29 is 13.6 Å². The normalized spacial score (nSPS) is 22.6. The molecule has 110 valence electrons. The number of carbonyl (C=O) groups excluding carboxylic acids is 1. The van der Waals surface area contributed by atoms with Gasteiger partial charge in [0.05, 0.1) is 6.42 Å². The minimum atomic E-state index is -0.673. The Morgan fingerprint density at radius 1 is 1.45 bits per heavy atom. The maximum absolute atomic E-state index is 13.4. The van der Waals surface area contributed by atoms with Crippen LogP contribution in [0.4, 0.5) is 8.78 Å². The molecule has 1 amide bonds. The van der Waals surface area contributed by atoms with E-state index in [0.29, 0.717) is 18.4 Å². The third kappa shape index (κ3) is 4.00. The van der Waals surface area contributed by atoms with Crippen LogP contribution < -0.4 is 10.6 Å². The van der Waals surface area contributed by atoms with Crippen LogP contribution in [0.25, 0.3) is 0 Å². The molecule has 1 aliphatic heterocycles. The summed E-state index contributed by atoms with van der Waals surface area (Å²) >= 11 is 0. The Morgan fingerprint density at radius 3 is 2.95 bits per heavy atom. The summed E-state index contributed by atoms with van der Waals surface area (Å²) < 4.78 is 26.2. The summed E-state index contributed by atoms with van der Waals surface area (Å²) in [6, 6.07) is 3.28. The van der Waals surface area contributed by atoms with Crippen molar-refractivity contribution in [3.05, 3.63) is 35.4 Å². The number of benzene rings is 1. The van der Waals surface area contributed by atoms with Crippen molar-refractivity contribution >= 4 is 5.91 Å². The highest BCUT2D eigenvalue weighted by Crippen LogP contribution is 2.17. The van der Waals surface area contributed by atoms with E-state index >= 15 is 0 Å². The van der Waals surface area contributed by atoms with Gasteiger partial charge in [0.15, 0.2) is 0 Å². The Kier molecular flexibility index (Phi) is 5.06. The van der Waals surface area contributed by atoms with E-state index in [1.807, 2.05) is 0 Å². The topological polar surface area (TPSA) is 41.1 Å². The second-order valence-electron chi connectivity index (χ2n) is 5.45. The number of nitrogens with one attached hydrogen (secondary N) is 2. The summed E-state index contributed by atoms with van der Waals surface area (Å²) in [5, 5.41) is 6.13. The molecule has 1 aromatic rings. The summed E-state index contributed by atoms with van der Waals surface area (Å²) in [7, 11) is 0. The third-order valence-corrected chi connectivity index (χ3v) is 3.92. The Balaban J connectivity index is 1.83. The molecule has 3 nitrogen and oxygen atoms in total. The number of piperidine rings is 1. The van der Waals surface area contributed by atoms with Crippen LogP contribution in [0.5, 0.6) is 0 Å². The highest BCUT2D eigenvalue weighted by molar-refractivity contribution is 5.78. The van der Waals surface area contributed by atoms with Crippen LogP contribution in [0.15, 0.2) is 18.2 Å². The number of amides is 1. The lowest BCUT2D eigenvalue weighted by Crippen LogP contribution is -2.42. The van der Waals surface area contributed by atoms with E-state index in [0.717, 1.165) is 25.6 Å². The van der Waals surface area contributed by atoms with Crippen LogP contribution in [0.1, 0.15) is 18.9 Å². The first kappa shape index (κ1) is 14.9. The second-order valence-corrected chi connectivity index (χ2v) is 5.45. The summed E-state index contributed by atoms with van der Waals surface area (Å²) in [4.78, 5) is 11.8. The van der Waals surface area contributed by atoms with Gasteiger partial charge in [0, 0.05) is 12.6 Å². The highest BCUT2D eigenvalue weighted by Gasteiger charge is 2.21. The number of hydrogen-bond acceptors (Lipinski definition) is 2. The number of halogens is 2. The first-order valence-corrected chi connectivity index (χ1v) is 6.97. The summed E-state index contributed by atoms with van der Waals surface area (Å²) in [5.74, 6) is -0.556. The van der Waals surface area contributed by atoms with Crippen LogP contribution in [-0.2, 0) is 11.2 Å². The van der Waals surface area contributed by atoms with Crippen LogP contribution in [-0.4, -0.2) is 25.5 Å². The van der Waals surface area contributed by atoms with Gasteiger partial charge in [-0.3, -0.25) is 4.79 Å². The van der Waals surface area contributed by atoms with E-state index in [9.17, 15) is 13.6 Å². The molecule has 5 heteroatoms. The number of rotatable bonds is 4. The zero-order valence-corrected chi connectivity index (χ0v) is 11.6. The second kappa shape index (κ2) is 6.79. The Morgan fingerprint density at radius 2 is 2.25 bits per heavy atom. The van der Waals surface area contributed by atoms with Crippen molar-refractivity contribution in [1.82, 2.24) is 10.6 Å². The maximum atomic E-state index is 13.4. The molecule has 0 saturated carbocycles. The van der Waals surface area contributed by atoms with E-state index < -0.39 is 11.6 Å². The van der Waals surface area contributed by atoms with Crippen molar-refractivity contribution in [2.75, 3.05) is 19.6 Å². The summed E-state index contributed by atoms with van der Waals surface area (Å²) in [5.41, 5.74) is 0.221. The fourth-order valence-electron chi connectivity index (χ4n) is 2.47. The Bertz CT molecular complexity index is 479. The average molecular weight is 282 g/mol. The van der Waals surface area contributed by atoms with Crippen LogP contribution >= 0.6 is 0 Å². The van der Waals surface area contributed by atoms with E-state index in [-0.39, 0.29) is 17.9 Å². The molecule has 0 spiro atoms. The zero-order valence-electron chi connectivity index (χ0n) is 11.6. The lowest BCUT2D eigenvalue weighted by atomic mass is 9.88. The molecule has 0 aliphatic carbocycles. The first-order valence-electron chi connectivity index (χ1n) is 6.97. The Hall–Kier alpha value is -1.49. The minimum Gasteiger partial charge on any atom is -0.355 e. The first-order chi connectivity index (χ1) is 9.56. The quantitative estimate of drug-likeness (QED) is 0.885. The SMILES string of the molecule is CC1CCNCC1CNC(=O)Cc1ccc(F)cc1F. The molecular formula is C15H20F2N2O. The standard InChI is InChI=1S/C15H20F2N2O/c1-10-4-5-18-8-12(10)9-19-15(20)6-11-2-3-13(16)7-14(11)17/h2-3,7,10,12,18H,4-6,8-9H2,1H3,(H,19,20). The van der Waals surface area contributed by atoms with Crippen molar-refractivity contribution in [3.63, 3.8) is 0 Å². The lowest BCUT2D eigenvalue weighted by Gasteiger charge is -2.29. The molecule has 2 N–H and O–H groups in total. The van der Waals surface area contributed by atoms with Crippen molar-refractivity contribution in [2.45, 2.75) is 19.8 Å². The molecule has 1 saturated heterocycles. The molecule has 0 aromatic heterocycles. The molecule has 2 rings (SSSR count). The van der Waals surface area contributed by atoms with E-state index in [2.05, 4.69) is 17.6 Å². The lowest BCUT2D eigenvalue weighted by molar-refractivity contribution is -0.120. The van der Waals surface area contributed by atoms with Gasteiger partial charge in [-0.1, -0.05) is 13.0 Å². The summed E-state index contributed by atoms with van der Waals surface area (Å²) in [6.07, 6.45) is 1.05. The molecule has 1 heterocycles. The van der Waals surface area contributed by atoms with Gasteiger partial charge in [-0.15, -0.1) is 0 Å². The molecule has 2 unspecified atom stereocenters. The number of hydrogen-bond donors (Lipinski definition) is 2. The number of carbonyl (C=O) groups is 1. The van der Waals surface area contributed by atoms with E-state index in [4.69, 9.17) is 0 Å². The van der Waals surface area contributed by atoms with Gasteiger partial charge in [-0.2, -0.15) is 0 Å². The predicted molar refractivity (Wildman–Crippen MR) is 73.2 cm³/mol. The molecular weight excluding hydrogens is 262 g/mol. The molecule has 20 heavy (non-hydrogen) atoms. The monoisotopic (exact) mass is 282 g/mol. The average Bonchev–Trinajstić information content (AvgIpc) is 2.41. The van der Waals surface area contributed by atoms with E-state index in [1.165, 1.54) is 12.1 Å². The van der Waals surface area contributed by atoms with E-state index in [1.54, 1.807) is 0 Å². The van der Waals surface area contributed by atoms with Gasteiger partial charge in [0.25, 0.3) is 0 Å². The minimum absolute atomic E-state index is 0.0549. The maximum Gasteiger partial charge on any atom is 0.224 e. The van der Waals surface area contributed by atoms with Crippen LogP contribution in [0.3, 0.4) is 0 Å². The van der Waals surface area contributed by atoms with Crippen LogP contribution in [0.2, 0.25) is 0 Å². The molecule has 2 atom stereocenters. The van der Waals surface area contributed by atoms with Gasteiger partial charge in [-0.05, 0) is 43.0 Å². The smallest absolute Gasteiger partial charge is 0.224 e. The molecule has 1 aromatic carbocycles. The fourth-order valence-corrected chi connectivity index (χ4v) is 2.47. The summed E-state index contributed by atoms with van der Waals surface area (Å²) in [6.45, 7) is 4.69. The van der Waals surface area contributed by atoms with Crippen molar-refractivity contribution in [3.8, 4) is 0 Å². The van der Waals surface area contributed by atoms with Gasteiger partial charge in [-0.25, -0.2) is 8.78 Å². The molecule has 0 bridgehead atoms. The van der Waals surface area contributed by atoms with Crippen molar-refractivity contribution in [1.29, 1.82) is 0 Å². The zero-order chi connectivity index (χ0) is 14.5. The molecule has 1 fully saturated rings. The predicted octanol–water partition coefficient (Wildman–Crippen LogP) is 1.87. The largest absolute Gasteiger partial charge is 0.355 e. The van der Waals surface area contributed by atoms with Crippen molar-refractivity contribution in [2.24, 2.45) is 11.8 Å². The van der Waals surface area contributed by atoms with Crippen LogP contribution in [0, 0.1) is 23.5 Å². The Labute approximate surface area is 117 Å². The highest BCUT2D eigenvalue weighted by atomic mass is 19.1. The van der Waals surface area contributed by atoms with Gasteiger partial charge >= 0.3 is 0 Å². The van der Waals surface area contributed by atoms with Gasteiger partial charge in [0.2, 0.25) is 5.91 Å². The molecule has 0 radical (unpaired) electrons.